The van der Waals surface area contributed by atoms with Crippen LogP contribution in [-0.2, 0) is 5.41 Å². The fourth-order valence-electron chi connectivity index (χ4n) is 5.31. The van der Waals surface area contributed by atoms with Crippen molar-refractivity contribution in [3.8, 4) is 5.69 Å². The maximum Gasteiger partial charge on any atom is 0.324 e. The molecule has 1 saturated heterocycles. The molecule has 5 rings (SSSR count). The number of Topliss-reactive ketones (excluding diaryl/α,β-unsaturated/α-hetero) is 1. The highest BCUT2D eigenvalue weighted by Crippen LogP contribution is 2.35. The monoisotopic (exact) mass is 550 g/mol. The number of aryl methyl sites for hydroxylation is 1. The Balaban J connectivity index is 1.39. The van der Waals surface area contributed by atoms with Gasteiger partial charge in [-0.25, -0.2) is 9.48 Å². The second kappa shape index (κ2) is 12.1. The molecule has 0 aliphatic carbocycles. The minimum atomic E-state index is -0.382. The maximum absolute atomic E-state index is 13.7. The molecule has 2 aromatic heterocycles. The van der Waals surface area contributed by atoms with Crippen molar-refractivity contribution in [3.63, 3.8) is 0 Å². The smallest absolute Gasteiger partial charge is 0.317 e. The predicted octanol–water partition coefficient (Wildman–Crippen LogP) is 6.48. The molecule has 1 atom stereocenters. The van der Waals surface area contributed by atoms with Gasteiger partial charge in [-0.3, -0.25) is 15.1 Å². The quantitative estimate of drug-likeness (QED) is 0.229. The van der Waals surface area contributed by atoms with Crippen molar-refractivity contribution >= 4 is 23.3 Å². The van der Waals surface area contributed by atoms with Crippen LogP contribution in [0, 0.1) is 12.8 Å². The fraction of sp³-hybridized carbons (Fsp3) is 0.333. The zero-order chi connectivity index (χ0) is 29.0. The van der Waals surface area contributed by atoms with E-state index in [1.807, 2.05) is 67.6 Å². The number of ketones is 1. The van der Waals surface area contributed by atoms with Crippen LogP contribution >= 0.6 is 0 Å². The van der Waals surface area contributed by atoms with Gasteiger partial charge >= 0.3 is 6.03 Å². The first kappa shape index (κ1) is 28.2. The van der Waals surface area contributed by atoms with Gasteiger partial charge in [0.2, 0.25) is 0 Å². The van der Waals surface area contributed by atoms with E-state index >= 15 is 0 Å². The van der Waals surface area contributed by atoms with Crippen LogP contribution in [0.15, 0.2) is 79.1 Å². The average Bonchev–Trinajstić information content (AvgIpc) is 3.39. The number of urea groups is 1. The Morgan fingerprint density at radius 3 is 2.41 bits per heavy atom. The number of piperidine rings is 1. The van der Waals surface area contributed by atoms with Crippen molar-refractivity contribution in [1.82, 2.24) is 20.1 Å². The van der Waals surface area contributed by atoms with Crippen molar-refractivity contribution in [2.45, 2.75) is 51.9 Å². The molecule has 1 fully saturated rings. The molecule has 1 unspecified atom stereocenters. The highest BCUT2D eigenvalue weighted by atomic mass is 16.2. The number of amides is 2. The number of hydrogen-bond acceptors (Lipinski definition) is 5. The normalized spacial score (nSPS) is 14.8. The molecule has 1 aliphatic heterocycles. The van der Waals surface area contributed by atoms with Gasteiger partial charge in [-0.2, -0.15) is 5.10 Å². The molecular weight excluding hydrogens is 512 g/mol. The van der Waals surface area contributed by atoms with Gasteiger partial charge in [-0.1, -0.05) is 50.6 Å². The van der Waals surface area contributed by atoms with Crippen LogP contribution in [-0.4, -0.2) is 39.7 Å². The molecule has 1 aliphatic rings. The summed E-state index contributed by atoms with van der Waals surface area (Å²) in [6.45, 7) is 10.1. The molecule has 0 radical (unpaired) electrons. The molecule has 8 nitrogen and oxygen atoms in total. The van der Waals surface area contributed by atoms with Gasteiger partial charge < -0.3 is 10.6 Å². The molecule has 2 aromatic carbocycles. The minimum Gasteiger partial charge on any atom is -0.317 e. The van der Waals surface area contributed by atoms with E-state index in [0.29, 0.717) is 17.1 Å². The molecule has 0 saturated carbocycles. The third kappa shape index (κ3) is 6.72. The third-order valence-corrected chi connectivity index (χ3v) is 7.59. The summed E-state index contributed by atoms with van der Waals surface area (Å²) in [4.78, 5) is 31.2. The first-order chi connectivity index (χ1) is 19.7. The first-order valence-corrected chi connectivity index (χ1v) is 14.2. The van der Waals surface area contributed by atoms with Crippen LogP contribution in [0.25, 0.3) is 5.69 Å². The van der Waals surface area contributed by atoms with Crippen LogP contribution in [0.1, 0.15) is 66.7 Å². The van der Waals surface area contributed by atoms with Crippen LogP contribution in [0.2, 0.25) is 0 Å². The van der Waals surface area contributed by atoms with Crippen molar-refractivity contribution in [3.05, 3.63) is 102 Å². The first-order valence-electron chi connectivity index (χ1n) is 14.2. The Morgan fingerprint density at radius 1 is 0.976 bits per heavy atom. The molecule has 2 amide bonds. The van der Waals surface area contributed by atoms with Gasteiger partial charge in [0.15, 0.2) is 5.78 Å². The van der Waals surface area contributed by atoms with Gasteiger partial charge in [0.05, 0.1) is 17.3 Å². The molecular formula is C33H38N6O2. The molecule has 41 heavy (non-hydrogen) atoms. The van der Waals surface area contributed by atoms with Gasteiger partial charge in [-0.05, 0) is 80.7 Å². The molecule has 4 aromatic rings. The zero-order valence-electron chi connectivity index (χ0n) is 24.1. The summed E-state index contributed by atoms with van der Waals surface area (Å²) in [6, 6.07) is 20.8. The maximum atomic E-state index is 13.7. The lowest BCUT2D eigenvalue weighted by molar-refractivity contribution is 0.0915. The summed E-state index contributed by atoms with van der Waals surface area (Å²) in [7, 11) is 0. The van der Waals surface area contributed by atoms with E-state index in [0.717, 1.165) is 48.4 Å². The number of nitrogens with zero attached hydrogens (tertiary/aromatic N) is 3. The number of hydrogen-bond donors (Lipinski definition) is 3. The summed E-state index contributed by atoms with van der Waals surface area (Å²) in [6.07, 6.45) is 5.13. The lowest BCUT2D eigenvalue weighted by atomic mass is 9.76. The van der Waals surface area contributed by atoms with Crippen molar-refractivity contribution in [1.29, 1.82) is 0 Å². The Bertz CT molecular complexity index is 1500. The topological polar surface area (TPSA) is 101 Å². The number of pyridine rings is 1. The lowest BCUT2D eigenvalue weighted by Gasteiger charge is -2.30. The largest absolute Gasteiger partial charge is 0.324 e. The summed E-state index contributed by atoms with van der Waals surface area (Å²) in [5.41, 5.74) is 4.80. The molecule has 0 spiro atoms. The Labute approximate surface area is 241 Å². The fourth-order valence-corrected chi connectivity index (χ4v) is 5.31. The van der Waals surface area contributed by atoms with Crippen LogP contribution in [0.5, 0.6) is 0 Å². The van der Waals surface area contributed by atoms with E-state index in [1.54, 1.807) is 23.1 Å². The summed E-state index contributed by atoms with van der Waals surface area (Å²) >= 11 is 0. The number of anilines is 2. The van der Waals surface area contributed by atoms with Gasteiger partial charge in [0.25, 0.3) is 0 Å². The lowest BCUT2D eigenvalue weighted by Crippen LogP contribution is -2.33. The molecule has 3 heterocycles. The number of benzene rings is 2. The van der Waals surface area contributed by atoms with Crippen molar-refractivity contribution < 1.29 is 9.59 Å². The number of rotatable bonds is 7. The number of nitrogens with one attached hydrogen (secondary N) is 3. The Morgan fingerprint density at radius 2 is 1.73 bits per heavy atom. The SMILES string of the molecule is Cc1ccc(-n2nc(C(C)(C)C)cc2NC(=O)Nc2cccc(C(C(=O)c3cccnc3)C3CCNCC3)c2)cc1. The van der Waals surface area contributed by atoms with E-state index < -0.39 is 0 Å². The highest BCUT2D eigenvalue weighted by molar-refractivity contribution is 6.02. The molecule has 0 bridgehead atoms. The van der Waals surface area contributed by atoms with Crippen LogP contribution in [0.4, 0.5) is 16.3 Å². The van der Waals surface area contributed by atoms with Crippen molar-refractivity contribution in [2.75, 3.05) is 23.7 Å². The Hall–Kier alpha value is -4.30. The molecule has 212 valence electrons. The van der Waals surface area contributed by atoms with E-state index in [1.165, 1.54) is 0 Å². The highest BCUT2D eigenvalue weighted by Gasteiger charge is 2.32. The molecule has 3 N–H and O–H groups in total. The summed E-state index contributed by atoms with van der Waals surface area (Å²) in [5.74, 6) is 0.520. The van der Waals surface area contributed by atoms with Crippen molar-refractivity contribution in [2.24, 2.45) is 5.92 Å². The van der Waals surface area contributed by atoms with Gasteiger partial charge in [-0.15, -0.1) is 0 Å². The zero-order valence-corrected chi connectivity index (χ0v) is 24.1. The second-order valence-electron chi connectivity index (χ2n) is 11.8. The minimum absolute atomic E-state index is 0.0586. The Kier molecular flexibility index (Phi) is 8.31. The van der Waals surface area contributed by atoms with Gasteiger partial charge in [0, 0.05) is 35.1 Å². The third-order valence-electron chi connectivity index (χ3n) is 7.59. The van der Waals surface area contributed by atoms with E-state index in [-0.39, 0.29) is 29.1 Å². The average molecular weight is 551 g/mol. The second-order valence-corrected chi connectivity index (χ2v) is 11.8. The van der Waals surface area contributed by atoms with E-state index in [9.17, 15) is 9.59 Å². The van der Waals surface area contributed by atoms with E-state index in [4.69, 9.17) is 5.10 Å². The number of aromatic nitrogens is 3. The summed E-state index contributed by atoms with van der Waals surface area (Å²) in [5, 5.41) is 14.2. The number of carbonyl (C=O) groups excluding carboxylic acids is 2. The predicted molar refractivity (Wildman–Crippen MR) is 163 cm³/mol. The summed E-state index contributed by atoms with van der Waals surface area (Å²) < 4.78 is 1.76. The van der Waals surface area contributed by atoms with E-state index in [2.05, 4.69) is 41.7 Å². The standard InChI is InChI=1S/C33H38N6O2/c1-22-10-12-27(13-11-22)39-29(20-28(38-39)33(2,3)4)37-32(41)36-26-9-5-7-24(19-26)30(23-14-17-34-18-15-23)31(40)25-8-6-16-35-21-25/h5-13,16,19-21,23,30,34H,14-15,17-18H2,1-4H3,(H2,36,37,41). The molecule has 8 heteroatoms. The van der Waals surface area contributed by atoms with Crippen LogP contribution in [0.3, 0.4) is 0 Å². The van der Waals surface area contributed by atoms with Crippen LogP contribution < -0.4 is 16.0 Å². The van der Waals surface area contributed by atoms with Gasteiger partial charge in [0.1, 0.15) is 5.82 Å². The number of carbonyl (C=O) groups is 2.